The lowest BCUT2D eigenvalue weighted by molar-refractivity contribution is -0.167. The van der Waals surface area contributed by atoms with Gasteiger partial charge in [0.2, 0.25) is 0 Å². The molecule has 0 atom stereocenters. The molecule has 0 aromatic heterocycles. The molecule has 0 N–H and O–H groups in total. The van der Waals surface area contributed by atoms with Gasteiger partial charge in [-0.3, -0.25) is 9.59 Å². The number of carbonyl (C=O) groups is 2. The number of Topliss-reactive ketones (excluding diaryl/α,β-unsaturated/α-hetero) is 1. The zero-order valence-electron chi connectivity index (χ0n) is 18.8. The van der Waals surface area contributed by atoms with E-state index in [0.717, 1.165) is 0 Å². The second kappa shape index (κ2) is 11.4. The molecule has 0 heterocycles. The summed E-state index contributed by atoms with van der Waals surface area (Å²) >= 11 is 0. The molecule has 28 heavy (non-hydrogen) atoms. The lowest BCUT2D eigenvalue weighted by atomic mass is 9.73. The highest BCUT2D eigenvalue weighted by Crippen LogP contribution is 2.37. The zero-order valence-corrected chi connectivity index (χ0v) is 18.8. The van der Waals surface area contributed by atoms with E-state index in [2.05, 4.69) is 55.1 Å². The average Bonchev–Trinajstić information content (AvgIpc) is 2.62. The number of allylic oxidation sites excluding steroid dienone is 1. The maximum Gasteiger partial charge on any atom is 0.303 e. The van der Waals surface area contributed by atoms with E-state index in [0.29, 0.717) is 12.0 Å². The molecule has 0 bridgehead atoms. The van der Waals surface area contributed by atoms with E-state index in [1.54, 1.807) is 6.92 Å². The standard InChI is InChI=1S/C13H22O3.C10H8.C2H6/c1-9(2)11(15)8-12(4,5)13(6,7)16-10(3)14;1-2-6-10-8-4-3-7-9(10)5-1;1-2/h1,8H2,2-7H3;1-8H;1-2H3. The van der Waals surface area contributed by atoms with E-state index >= 15 is 0 Å². The smallest absolute Gasteiger partial charge is 0.303 e. The summed E-state index contributed by atoms with van der Waals surface area (Å²) in [4.78, 5) is 22.7. The molecule has 0 aliphatic heterocycles. The highest BCUT2D eigenvalue weighted by atomic mass is 16.6. The molecule has 154 valence electrons. The van der Waals surface area contributed by atoms with E-state index in [1.165, 1.54) is 17.7 Å². The number of esters is 1. The second-order valence-electron chi connectivity index (χ2n) is 7.72. The third-order valence-electron chi connectivity index (χ3n) is 4.77. The third kappa shape index (κ3) is 8.08. The largest absolute Gasteiger partial charge is 0.459 e. The van der Waals surface area contributed by atoms with Gasteiger partial charge in [-0.25, -0.2) is 0 Å². The van der Waals surface area contributed by atoms with E-state index in [9.17, 15) is 9.59 Å². The van der Waals surface area contributed by atoms with Crippen molar-refractivity contribution in [2.75, 3.05) is 0 Å². The van der Waals surface area contributed by atoms with Gasteiger partial charge >= 0.3 is 5.97 Å². The van der Waals surface area contributed by atoms with Crippen molar-refractivity contribution in [3.63, 3.8) is 0 Å². The quantitative estimate of drug-likeness (QED) is 0.423. The first-order valence-electron chi connectivity index (χ1n) is 9.78. The van der Waals surface area contributed by atoms with Crippen molar-refractivity contribution in [2.24, 2.45) is 5.41 Å². The fourth-order valence-corrected chi connectivity index (χ4v) is 2.40. The number of ether oxygens (including phenoxy) is 1. The van der Waals surface area contributed by atoms with Crippen LogP contribution in [0, 0.1) is 5.41 Å². The van der Waals surface area contributed by atoms with Crippen molar-refractivity contribution in [3.8, 4) is 0 Å². The summed E-state index contributed by atoms with van der Waals surface area (Å²) in [5, 5.41) is 2.62. The van der Waals surface area contributed by atoms with Crippen LogP contribution in [0.25, 0.3) is 10.8 Å². The van der Waals surface area contributed by atoms with Gasteiger partial charge in [0.25, 0.3) is 0 Å². The van der Waals surface area contributed by atoms with Crippen LogP contribution in [0.15, 0.2) is 60.7 Å². The Morgan fingerprint density at radius 1 is 0.857 bits per heavy atom. The summed E-state index contributed by atoms with van der Waals surface area (Å²) < 4.78 is 5.26. The lowest BCUT2D eigenvalue weighted by Gasteiger charge is -2.40. The van der Waals surface area contributed by atoms with Crippen LogP contribution in [-0.4, -0.2) is 17.4 Å². The Labute approximate surface area is 170 Å². The van der Waals surface area contributed by atoms with Gasteiger partial charge < -0.3 is 4.74 Å². The predicted octanol–water partition coefficient (Wildman–Crippen LogP) is 6.76. The highest BCUT2D eigenvalue weighted by molar-refractivity contribution is 5.94. The molecular weight excluding hydrogens is 348 g/mol. The van der Waals surface area contributed by atoms with Crippen molar-refractivity contribution in [1.82, 2.24) is 0 Å². The fraction of sp³-hybridized carbons (Fsp3) is 0.440. The van der Waals surface area contributed by atoms with Gasteiger partial charge in [-0.15, -0.1) is 0 Å². The fourth-order valence-electron chi connectivity index (χ4n) is 2.40. The first kappa shape index (κ1) is 25.6. The average molecular weight is 385 g/mol. The maximum atomic E-state index is 11.7. The van der Waals surface area contributed by atoms with Gasteiger partial charge in [0, 0.05) is 18.8 Å². The van der Waals surface area contributed by atoms with Gasteiger partial charge in [-0.2, -0.15) is 0 Å². The first-order valence-corrected chi connectivity index (χ1v) is 9.78. The van der Waals surface area contributed by atoms with Gasteiger partial charge in [-0.05, 0) is 37.1 Å². The van der Waals surface area contributed by atoms with Crippen LogP contribution in [0.1, 0.15) is 61.8 Å². The van der Waals surface area contributed by atoms with Crippen LogP contribution in [-0.2, 0) is 14.3 Å². The predicted molar refractivity (Wildman–Crippen MR) is 119 cm³/mol. The van der Waals surface area contributed by atoms with Crippen LogP contribution in [0.2, 0.25) is 0 Å². The molecule has 2 aromatic rings. The van der Waals surface area contributed by atoms with E-state index in [4.69, 9.17) is 4.74 Å². The summed E-state index contributed by atoms with van der Waals surface area (Å²) in [5.74, 6) is -0.328. The van der Waals surface area contributed by atoms with E-state index in [-0.39, 0.29) is 11.8 Å². The molecule has 3 heteroatoms. The molecule has 0 aliphatic carbocycles. The summed E-state index contributed by atoms with van der Waals surface area (Å²) in [7, 11) is 0. The molecule has 3 nitrogen and oxygen atoms in total. The number of benzene rings is 2. The van der Waals surface area contributed by atoms with Crippen molar-refractivity contribution < 1.29 is 14.3 Å². The Balaban J connectivity index is 0.000000513. The molecule has 0 saturated heterocycles. The number of fused-ring (bicyclic) bond motifs is 1. The lowest BCUT2D eigenvalue weighted by Crippen LogP contribution is -2.44. The molecular formula is C25H36O3. The summed E-state index contributed by atoms with van der Waals surface area (Å²) in [5.41, 5.74) is -0.565. The number of hydrogen-bond acceptors (Lipinski definition) is 3. The SMILES string of the molecule is C=C(C)C(=O)CC(C)(C)C(C)(C)OC(C)=O.CC.c1ccc2ccccc2c1. The zero-order chi connectivity index (χ0) is 22.0. The summed E-state index contributed by atoms with van der Waals surface area (Å²) in [6, 6.07) is 16.7. The Kier molecular flexibility index (Phi) is 10.4. The van der Waals surface area contributed by atoms with E-state index in [1.807, 2.05) is 41.5 Å². The van der Waals surface area contributed by atoms with E-state index < -0.39 is 11.0 Å². The summed E-state index contributed by atoms with van der Waals surface area (Å²) in [6.45, 7) is 18.2. The number of hydrogen-bond donors (Lipinski definition) is 0. The number of ketones is 1. The topological polar surface area (TPSA) is 43.4 Å². The molecule has 0 aliphatic rings. The number of carbonyl (C=O) groups excluding carboxylic acids is 2. The van der Waals surface area contributed by atoms with Crippen molar-refractivity contribution in [2.45, 2.75) is 67.4 Å². The molecule has 0 saturated carbocycles. The van der Waals surface area contributed by atoms with Gasteiger partial charge in [0.1, 0.15) is 5.60 Å². The van der Waals surface area contributed by atoms with Crippen LogP contribution in [0.3, 0.4) is 0 Å². The van der Waals surface area contributed by atoms with Gasteiger partial charge in [-0.1, -0.05) is 82.8 Å². The molecule has 0 amide bonds. The van der Waals surface area contributed by atoms with Gasteiger partial charge in [0.05, 0.1) is 0 Å². The van der Waals surface area contributed by atoms with Crippen molar-refractivity contribution in [3.05, 3.63) is 60.7 Å². The Morgan fingerprint density at radius 3 is 1.50 bits per heavy atom. The van der Waals surface area contributed by atoms with Crippen LogP contribution >= 0.6 is 0 Å². The van der Waals surface area contributed by atoms with Crippen LogP contribution in [0.5, 0.6) is 0 Å². The summed E-state index contributed by atoms with van der Waals surface area (Å²) in [6.07, 6.45) is 0.322. The van der Waals surface area contributed by atoms with Crippen molar-refractivity contribution >= 4 is 22.5 Å². The van der Waals surface area contributed by atoms with Crippen LogP contribution < -0.4 is 0 Å². The van der Waals surface area contributed by atoms with Crippen molar-refractivity contribution in [1.29, 1.82) is 0 Å². The molecule has 0 unspecified atom stereocenters. The molecule has 0 fully saturated rings. The number of rotatable bonds is 5. The highest BCUT2D eigenvalue weighted by Gasteiger charge is 2.41. The van der Waals surface area contributed by atoms with Crippen LogP contribution in [0.4, 0.5) is 0 Å². The third-order valence-corrected chi connectivity index (χ3v) is 4.77. The Hall–Kier alpha value is -2.42. The minimum atomic E-state index is -0.677. The van der Waals surface area contributed by atoms with Gasteiger partial charge in [0.15, 0.2) is 5.78 Å². The monoisotopic (exact) mass is 384 g/mol. The molecule has 2 aromatic carbocycles. The second-order valence-corrected chi connectivity index (χ2v) is 7.72. The molecule has 2 rings (SSSR count). The molecule has 0 radical (unpaired) electrons. The Bertz CT molecular complexity index is 720. The minimum absolute atomic E-state index is 0.00484. The first-order chi connectivity index (χ1) is 13.0. The Morgan fingerprint density at radius 2 is 1.21 bits per heavy atom. The molecule has 0 spiro atoms. The normalized spacial score (nSPS) is 10.7. The minimum Gasteiger partial charge on any atom is -0.459 e. The maximum absolute atomic E-state index is 11.7.